The molecule has 4 rings (SSSR count). The molecule has 0 radical (unpaired) electrons. The number of nitrogen functional groups attached to an aromatic ring is 2. The molecule has 3 aromatic carbocycles. The van der Waals surface area contributed by atoms with E-state index >= 15 is 0 Å². The number of ketones is 2. The predicted octanol–water partition coefficient (Wildman–Crippen LogP) is 8.05. The Kier molecular flexibility index (Phi) is 8.65. The van der Waals surface area contributed by atoms with Crippen LogP contribution in [-0.4, -0.2) is 11.6 Å². The minimum absolute atomic E-state index is 0.133. The standard InChI is InChI=1S/C32H38N2O3/c1-3-5-6-7-8-9-15-21(14-4-2)22-16-12-13-19-26(22)37-27-20-25(33)28-29(30(27)34)32(36)24-18-11-10-17-23(24)31(28)35/h10-13,16-21H,3-9,14-15,33-34H2,1-2H3. The van der Waals surface area contributed by atoms with Crippen LogP contribution >= 0.6 is 0 Å². The highest BCUT2D eigenvalue weighted by Gasteiger charge is 2.34. The van der Waals surface area contributed by atoms with Crippen molar-refractivity contribution in [2.24, 2.45) is 0 Å². The maximum Gasteiger partial charge on any atom is 0.196 e. The summed E-state index contributed by atoms with van der Waals surface area (Å²) in [5.41, 5.74) is 15.3. The van der Waals surface area contributed by atoms with E-state index in [0.717, 1.165) is 24.8 Å². The first-order chi connectivity index (χ1) is 18.0. The zero-order valence-corrected chi connectivity index (χ0v) is 22.0. The summed E-state index contributed by atoms with van der Waals surface area (Å²) in [4.78, 5) is 26.5. The molecule has 0 amide bonds. The van der Waals surface area contributed by atoms with Crippen LogP contribution in [0, 0.1) is 0 Å². The van der Waals surface area contributed by atoms with Crippen LogP contribution in [0.5, 0.6) is 11.5 Å². The Morgan fingerprint density at radius 1 is 0.703 bits per heavy atom. The van der Waals surface area contributed by atoms with Gasteiger partial charge in [-0.3, -0.25) is 9.59 Å². The van der Waals surface area contributed by atoms with Crippen molar-refractivity contribution >= 4 is 22.9 Å². The van der Waals surface area contributed by atoms with Crippen LogP contribution in [-0.2, 0) is 0 Å². The van der Waals surface area contributed by atoms with Crippen LogP contribution in [0.15, 0.2) is 54.6 Å². The van der Waals surface area contributed by atoms with Crippen molar-refractivity contribution in [2.75, 3.05) is 11.5 Å². The molecule has 3 aromatic rings. The fourth-order valence-electron chi connectivity index (χ4n) is 5.41. The average Bonchev–Trinajstić information content (AvgIpc) is 2.91. The number of hydrogen-bond donors (Lipinski definition) is 2. The van der Waals surface area contributed by atoms with Crippen LogP contribution in [0.1, 0.15) is 115 Å². The Hall–Kier alpha value is -3.60. The van der Waals surface area contributed by atoms with Crippen LogP contribution in [0.25, 0.3) is 0 Å². The molecule has 1 atom stereocenters. The van der Waals surface area contributed by atoms with Crippen LogP contribution in [0.4, 0.5) is 11.4 Å². The molecule has 5 nitrogen and oxygen atoms in total. The number of hydrogen-bond acceptors (Lipinski definition) is 5. The summed E-state index contributed by atoms with van der Waals surface area (Å²) in [5.74, 6) is 0.800. The largest absolute Gasteiger partial charge is 0.455 e. The molecule has 37 heavy (non-hydrogen) atoms. The first-order valence-electron chi connectivity index (χ1n) is 13.6. The van der Waals surface area contributed by atoms with Gasteiger partial charge in [0.05, 0.1) is 16.8 Å². The normalized spacial score (nSPS) is 13.2. The molecule has 1 aliphatic rings. The predicted molar refractivity (Wildman–Crippen MR) is 151 cm³/mol. The molecule has 0 saturated carbocycles. The molecule has 0 bridgehead atoms. The summed E-state index contributed by atoms with van der Waals surface area (Å²) >= 11 is 0. The molecule has 5 heteroatoms. The fourth-order valence-corrected chi connectivity index (χ4v) is 5.41. The van der Waals surface area contributed by atoms with Crippen LogP contribution in [0.2, 0.25) is 0 Å². The summed E-state index contributed by atoms with van der Waals surface area (Å²) < 4.78 is 6.38. The molecule has 0 aromatic heterocycles. The quantitative estimate of drug-likeness (QED) is 0.152. The average molecular weight is 499 g/mol. The number of carbonyl (C=O) groups excluding carboxylic acids is 2. The van der Waals surface area contributed by atoms with Gasteiger partial charge in [0.2, 0.25) is 0 Å². The van der Waals surface area contributed by atoms with E-state index in [1.165, 1.54) is 38.5 Å². The Morgan fingerprint density at radius 3 is 2.03 bits per heavy atom. The highest BCUT2D eigenvalue weighted by Crippen LogP contribution is 2.43. The zero-order chi connectivity index (χ0) is 26.4. The van der Waals surface area contributed by atoms with Gasteiger partial charge in [-0.25, -0.2) is 0 Å². The molecule has 1 unspecified atom stereocenters. The van der Waals surface area contributed by atoms with Crippen LogP contribution in [0.3, 0.4) is 0 Å². The van der Waals surface area contributed by atoms with E-state index in [1.54, 1.807) is 30.3 Å². The summed E-state index contributed by atoms with van der Waals surface area (Å²) in [5, 5.41) is 0. The lowest BCUT2D eigenvalue weighted by Gasteiger charge is -2.24. The Bertz CT molecular complexity index is 1280. The topological polar surface area (TPSA) is 95.4 Å². The van der Waals surface area contributed by atoms with Gasteiger partial charge in [0.15, 0.2) is 17.3 Å². The maximum atomic E-state index is 13.4. The molecular weight excluding hydrogens is 460 g/mol. The second kappa shape index (κ2) is 12.1. The van der Waals surface area contributed by atoms with E-state index in [-0.39, 0.29) is 34.1 Å². The lowest BCUT2D eigenvalue weighted by atomic mass is 9.82. The molecular formula is C32H38N2O3. The fraction of sp³-hybridized carbons (Fsp3) is 0.375. The second-order valence-electron chi connectivity index (χ2n) is 10.0. The SMILES string of the molecule is CCCCCCCCC(CCC)c1ccccc1Oc1cc(N)c2c(c1N)C(=O)c1ccccc1C2=O. The highest BCUT2D eigenvalue weighted by molar-refractivity contribution is 6.32. The van der Waals surface area contributed by atoms with Crippen molar-refractivity contribution in [2.45, 2.75) is 77.6 Å². The van der Waals surface area contributed by atoms with Gasteiger partial charge in [0.1, 0.15) is 5.75 Å². The number of rotatable bonds is 12. The van der Waals surface area contributed by atoms with Crippen molar-refractivity contribution in [1.29, 1.82) is 0 Å². The summed E-state index contributed by atoms with van der Waals surface area (Å²) in [7, 11) is 0. The van der Waals surface area contributed by atoms with Crippen molar-refractivity contribution in [3.8, 4) is 11.5 Å². The number of unbranched alkanes of at least 4 members (excludes halogenated alkanes) is 5. The number of carbonyl (C=O) groups is 2. The van der Waals surface area contributed by atoms with E-state index in [1.807, 2.05) is 18.2 Å². The zero-order valence-electron chi connectivity index (χ0n) is 22.0. The molecule has 0 saturated heterocycles. The monoisotopic (exact) mass is 498 g/mol. The van der Waals surface area contributed by atoms with E-state index in [0.29, 0.717) is 28.5 Å². The van der Waals surface area contributed by atoms with Gasteiger partial charge in [-0.1, -0.05) is 101 Å². The number of nitrogens with two attached hydrogens (primary N) is 2. The summed E-state index contributed by atoms with van der Waals surface area (Å²) in [6, 6.07) is 16.4. The molecule has 194 valence electrons. The minimum atomic E-state index is -0.305. The van der Waals surface area contributed by atoms with Gasteiger partial charge in [-0.2, -0.15) is 0 Å². The van der Waals surface area contributed by atoms with E-state index in [9.17, 15) is 9.59 Å². The van der Waals surface area contributed by atoms with Gasteiger partial charge >= 0.3 is 0 Å². The Balaban J connectivity index is 1.62. The highest BCUT2D eigenvalue weighted by atomic mass is 16.5. The Labute approximate surface area is 220 Å². The molecule has 0 heterocycles. The molecule has 0 spiro atoms. The summed E-state index contributed by atoms with van der Waals surface area (Å²) in [6.45, 7) is 4.45. The molecule has 0 aliphatic heterocycles. The summed E-state index contributed by atoms with van der Waals surface area (Å²) in [6.07, 6.45) is 10.8. The number of benzene rings is 3. The lowest BCUT2D eigenvalue weighted by molar-refractivity contribution is 0.0980. The number of anilines is 2. The third-order valence-electron chi connectivity index (χ3n) is 7.35. The van der Waals surface area contributed by atoms with Gasteiger partial charge in [-0.15, -0.1) is 0 Å². The van der Waals surface area contributed by atoms with Gasteiger partial charge in [-0.05, 0) is 30.4 Å². The lowest BCUT2D eigenvalue weighted by Crippen LogP contribution is -2.24. The first kappa shape index (κ1) is 26.5. The van der Waals surface area contributed by atoms with Gasteiger partial charge in [0.25, 0.3) is 0 Å². The Morgan fingerprint density at radius 2 is 1.32 bits per heavy atom. The van der Waals surface area contributed by atoms with E-state index in [2.05, 4.69) is 19.9 Å². The molecule has 4 N–H and O–H groups in total. The third kappa shape index (κ3) is 5.56. The molecule has 0 fully saturated rings. The molecule has 1 aliphatic carbocycles. The van der Waals surface area contributed by atoms with Crippen molar-refractivity contribution in [3.05, 3.63) is 82.4 Å². The van der Waals surface area contributed by atoms with Crippen molar-refractivity contribution in [3.63, 3.8) is 0 Å². The minimum Gasteiger partial charge on any atom is -0.455 e. The number of para-hydroxylation sites is 1. The maximum absolute atomic E-state index is 13.4. The van der Waals surface area contributed by atoms with Gasteiger partial charge in [0, 0.05) is 22.9 Å². The van der Waals surface area contributed by atoms with Crippen LogP contribution < -0.4 is 16.2 Å². The number of ether oxygens (including phenoxy) is 1. The van der Waals surface area contributed by atoms with Crippen molar-refractivity contribution in [1.82, 2.24) is 0 Å². The third-order valence-corrected chi connectivity index (χ3v) is 7.35. The van der Waals surface area contributed by atoms with Crippen molar-refractivity contribution < 1.29 is 14.3 Å². The van der Waals surface area contributed by atoms with E-state index in [4.69, 9.17) is 16.2 Å². The first-order valence-corrected chi connectivity index (χ1v) is 13.6. The van der Waals surface area contributed by atoms with Gasteiger partial charge < -0.3 is 16.2 Å². The smallest absolute Gasteiger partial charge is 0.196 e. The second-order valence-corrected chi connectivity index (χ2v) is 10.0. The number of fused-ring (bicyclic) bond motifs is 2. The van der Waals surface area contributed by atoms with E-state index < -0.39 is 0 Å².